The van der Waals surface area contributed by atoms with E-state index >= 15 is 0 Å². The van der Waals surface area contributed by atoms with Crippen LogP contribution in [0.5, 0.6) is 0 Å². The molecule has 6 nitrogen and oxygen atoms in total. The molecule has 0 atom stereocenters. The zero-order valence-corrected chi connectivity index (χ0v) is 12.3. The van der Waals surface area contributed by atoms with Crippen LogP contribution in [0, 0.1) is 0 Å². The molecule has 20 heavy (non-hydrogen) atoms. The summed E-state index contributed by atoms with van der Waals surface area (Å²) in [6.45, 7) is 0. The Hall–Kier alpha value is -1.44. The molecule has 0 radical (unpaired) electrons. The molecule has 3 heterocycles. The van der Waals surface area contributed by atoms with Gasteiger partial charge >= 0.3 is 0 Å². The summed E-state index contributed by atoms with van der Waals surface area (Å²) in [5.74, 6) is 1.22. The first kappa shape index (κ1) is 13.5. The standard InChI is InChI=1S/C12H13N5OS.ClH/c13-12(2-1-3-12)10-15-9(18-16-10)6-8-7-17-4-5-19-11(17)14-8;/h4-5,7H,1-3,6,13H2;1H. The summed E-state index contributed by atoms with van der Waals surface area (Å²) >= 11 is 1.61. The Morgan fingerprint density at radius 3 is 2.95 bits per heavy atom. The molecule has 0 aromatic carbocycles. The summed E-state index contributed by atoms with van der Waals surface area (Å²) in [6, 6.07) is 0. The lowest BCUT2D eigenvalue weighted by atomic mass is 9.77. The minimum atomic E-state index is -0.365. The summed E-state index contributed by atoms with van der Waals surface area (Å²) in [5.41, 5.74) is 6.74. The van der Waals surface area contributed by atoms with Crippen LogP contribution < -0.4 is 5.73 Å². The van der Waals surface area contributed by atoms with E-state index in [1.165, 1.54) is 0 Å². The summed E-state index contributed by atoms with van der Waals surface area (Å²) in [4.78, 5) is 9.88. The molecule has 2 N–H and O–H groups in total. The SMILES string of the molecule is Cl.NC1(c2noc(Cc3cn4ccsc4n3)n2)CCC1. The molecule has 0 aliphatic heterocycles. The van der Waals surface area contributed by atoms with E-state index in [1.807, 2.05) is 22.2 Å². The molecule has 4 rings (SSSR count). The minimum absolute atomic E-state index is 0. The van der Waals surface area contributed by atoms with Gasteiger partial charge in [-0.2, -0.15) is 4.98 Å². The molecule has 3 aromatic heterocycles. The summed E-state index contributed by atoms with van der Waals surface area (Å²) in [6.07, 6.45) is 7.53. The van der Waals surface area contributed by atoms with Crippen LogP contribution in [0.25, 0.3) is 4.96 Å². The second kappa shape index (κ2) is 4.83. The number of halogens is 1. The molecular weight excluding hydrogens is 298 g/mol. The first-order valence-electron chi connectivity index (χ1n) is 6.26. The number of nitrogens with two attached hydrogens (primary N) is 1. The molecule has 1 aliphatic rings. The van der Waals surface area contributed by atoms with Gasteiger partial charge in [0.15, 0.2) is 10.8 Å². The van der Waals surface area contributed by atoms with Crippen LogP contribution in [0.2, 0.25) is 0 Å². The van der Waals surface area contributed by atoms with Gasteiger partial charge in [-0.15, -0.1) is 23.7 Å². The van der Waals surface area contributed by atoms with Crippen LogP contribution in [0.15, 0.2) is 22.3 Å². The monoisotopic (exact) mass is 311 g/mol. The number of hydrogen-bond acceptors (Lipinski definition) is 6. The van der Waals surface area contributed by atoms with Crippen molar-refractivity contribution >= 4 is 28.7 Å². The van der Waals surface area contributed by atoms with E-state index < -0.39 is 0 Å². The molecule has 0 spiro atoms. The van der Waals surface area contributed by atoms with E-state index in [-0.39, 0.29) is 17.9 Å². The van der Waals surface area contributed by atoms with Crippen LogP contribution in [0.1, 0.15) is 36.7 Å². The van der Waals surface area contributed by atoms with Crippen LogP contribution >= 0.6 is 23.7 Å². The molecular formula is C12H14ClN5OS. The Labute approximate surface area is 125 Å². The third-order valence-corrected chi connectivity index (χ3v) is 4.41. The molecule has 0 saturated heterocycles. The highest BCUT2D eigenvalue weighted by molar-refractivity contribution is 7.15. The van der Waals surface area contributed by atoms with Crippen LogP contribution in [-0.4, -0.2) is 19.5 Å². The predicted molar refractivity (Wildman–Crippen MR) is 77.1 cm³/mol. The quantitative estimate of drug-likeness (QED) is 0.801. The van der Waals surface area contributed by atoms with E-state index in [4.69, 9.17) is 10.3 Å². The predicted octanol–water partition coefficient (Wildman–Crippen LogP) is 2.13. The van der Waals surface area contributed by atoms with Gasteiger partial charge < -0.3 is 10.3 Å². The minimum Gasteiger partial charge on any atom is -0.339 e. The van der Waals surface area contributed by atoms with Crippen LogP contribution in [-0.2, 0) is 12.0 Å². The largest absolute Gasteiger partial charge is 0.339 e. The Morgan fingerprint density at radius 1 is 1.40 bits per heavy atom. The topological polar surface area (TPSA) is 82.2 Å². The fourth-order valence-corrected chi connectivity index (χ4v) is 3.05. The van der Waals surface area contributed by atoms with Crippen molar-refractivity contribution in [3.63, 3.8) is 0 Å². The zero-order valence-electron chi connectivity index (χ0n) is 10.7. The van der Waals surface area contributed by atoms with Crippen molar-refractivity contribution in [2.24, 2.45) is 5.73 Å². The van der Waals surface area contributed by atoms with Crippen molar-refractivity contribution in [1.82, 2.24) is 19.5 Å². The maximum atomic E-state index is 6.17. The normalized spacial score (nSPS) is 16.9. The van der Waals surface area contributed by atoms with Crippen molar-refractivity contribution in [1.29, 1.82) is 0 Å². The van der Waals surface area contributed by atoms with Gasteiger partial charge in [0.2, 0.25) is 5.89 Å². The number of rotatable bonds is 3. The molecule has 8 heteroatoms. The van der Waals surface area contributed by atoms with Crippen molar-refractivity contribution < 1.29 is 4.52 Å². The van der Waals surface area contributed by atoms with Gasteiger partial charge in [0.25, 0.3) is 0 Å². The van der Waals surface area contributed by atoms with Crippen LogP contribution in [0.3, 0.4) is 0 Å². The Balaban J connectivity index is 0.00000121. The van der Waals surface area contributed by atoms with E-state index in [0.29, 0.717) is 18.1 Å². The highest BCUT2D eigenvalue weighted by Crippen LogP contribution is 2.36. The zero-order chi connectivity index (χ0) is 12.9. The molecule has 0 unspecified atom stereocenters. The Morgan fingerprint density at radius 2 is 2.25 bits per heavy atom. The highest BCUT2D eigenvalue weighted by Gasteiger charge is 2.38. The number of aromatic nitrogens is 4. The fraction of sp³-hybridized carbons (Fsp3) is 0.417. The third kappa shape index (κ3) is 2.11. The highest BCUT2D eigenvalue weighted by atomic mass is 35.5. The lowest BCUT2D eigenvalue weighted by molar-refractivity contribution is 0.229. The Bertz CT molecular complexity index is 700. The van der Waals surface area contributed by atoms with Gasteiger partial charge in [-0.05, 0) is 19.3 Å². The molecule has 1 saturated carbocycles. The molecule has 3 aromatic rings. The maximum Gasteiger partial charge on any atom is 0.232 e. The van der Waals surface area contributed by atoms with E-state index in [1.54, 1.807) is 11.3 Å². The van der Waals surface area contributed by atoms with Crippen molar-refractivity contribution in [2.75, 3.05) is 0 Å². The van der Waals surface area contributed by atoms with Crippen molar-refractivity contribution in [3.8, 4) is 0 Å². The van der Waals surface area contributed by atoms with Gasteiger partial charge in [-0.25, -0.2) is 4.98 Å². The van der Waals surface area contributed by atoms with Gasteiger partial charge in [-0.3, -0.25) is 4.40 Å². The van der Waals surface area contributed by atoms with Crippen molar-refractivity contribution in [3.05, 3.63) is 35.2 Å². The number of hydrogen-bond donors (Lipinski definition) is 1. The number of fused-ring (bicyclic) bond motifs is 1. The van der Waals surface area contributed by atoms with Gasteiger partial charge in [-0.1, -0.05) is 5.16 Å². The molecule has 1 aliphatic carbocycles. The molecule has 0 bridgehead atoms. The van der Waals surface area contributed by atoms with Crippen LogP contribution in [0.4, 0.5) is 0 Å². The number of thiazole rings is 1. The van der Waals surface area contributed by atoms with Gasteiger partial charge in [0.05, 0.1) is 17.7 Å². The molecule has 1 fully saturated rings. The van der Waals surface area contributed by atoms with Gasteiger partial charge in [0, 0.05) is 17.8 Å². The second-order valence-electron chi connectivity index (χ2n) is 5.02. The molecule has 106 valence electrons. The smallest absolute Gasteiger partial charge is 0.232 e. The van der Waals surface area contributed by atoms with Gasteiger partial charge in [0.1, 0.15) is 0 Å². The first-order chi connectivity index (χ1) is 9.23. The number of imidazole rings is 1. The lowest BCUT2D eigenvalue weighted by Gasteiger charge is -2.34. The van der Waals surface area contributed by atoms with Crippen molar-refractivity contribution in [2.45, 2.75) is 31.2 Å². The fourth-order valence-electron chi connectivity index (χ4n) is 2.33. The first-order valence-corrected chi connectivity index (χ1v) is 7.14. The lowest BCUT2D eigenvalue weighted by Crippen LogP contribution is -2.44. The number of nitrogens with zero attached hydrogens (tertiary/aromatic N) is 4. The summed E-state index contributed by atoms with van der Waals surface area (Å²) in [7, 11) is 0. The average Bonchev–Trinajstić information content (AvgIpc) is 3.01. The van der Waals surface area contributed by atoms with E-state index in [0.717, 1.165) is 29.9 Å². The summed E-state index contributed by atoms with van der Waals surface area (Å²) < 4.78 is 7.27. The Kier molecular flexibility index (Phi) is 3.27. The third-order valence-electron chi connectivity index (χ3n) is 3.63. The van der Waals surface area contributed by atoms with E-state index in [2.05, 4.69) is 15.1 Å². The molecule has 0 amide bonds. The summed E-state index contributed by atoms with van der Waals surface area (Å²) in [5, 5.41) is 6.01. The second-order valence-corrected chi connectivity index (χ2v) is 5.90. The van der Waals surface area contributed by atoms with E-state index in [9.17, 15) is 0 Å². The maximum absolute atomic E-state index is 6.17. The average molecular weight is 312 g/mol.